The Morgan fingerprint density at radius 1 is 1.19 bits per heavy atom. The monoisotopic (exact) mass is 385 g/mol. The highest BCUT2D eigenvalue weighted by molar-refractivity contribution is 6.33. The molecular formula is C19H19ClF3NO2. The van der Waals surface area contributed by atoms with Crippen molar-refractivity contribution in [1.29, 1.82) is 0 Å². The molecule has 2 aromatic rings. The van der Waals surface area contributed by atoms with Crippen molar-refractivity contribution in [2.75, 3.05) is 11.9 Å². The first-order chi connectivity index (χ1) is 12.1. The highest BCUT2D eigenvalue weighted by atomic mass is 35.5. The summed E-state index contributed by atoms with van der Waals surface area (Å²) in [4.78, 5) is 12.1. The molecular weight excluding hydrogens is 367 g/mol. The van der Waals surface area contributed by atoms with Crippen LogP contribution in [-0.2, 0) is 11.0 Å². The van der Waals surface area contributed by atoms with Crippen LogP contribution in [0.1, 0.15) is 36.5 Å². The number of benzene rings is 2. The van der Waals surface area contributed by atoms with Crippen LogP contribution in [0.4, 0.5) is 18.9 Å². The summed E-state index contributed by atoms with van der Waals surface area (Å²) < 4.78 is 43.9. The van der Waals surface area contributed by atoms with Crippen LogP contribution in [0.15, 0.2) is 36.4 Å². The summed E-state index contributed by atoms with van der Waals surface area (Å²) in [6, 6.07) is 8.45. The van der Waals surface area contributed by atoms with Gasteiger partial charge >= 0.3 is 6.18 Å². The zero-order chi connectivity index (χ0) is 19.5. The lowest BCUT2D eigenvalue weighted by Crippen LogP contribution is -2.21. The largest absolute Gasteiger partial charge is 0.483 e. The number of alkyl halides is 3. The molecule has 0 saturated carbocycles. The molecule has 1 amide bonds. The van der Waals surface area contributed by atoms with Gasteiger partial charge in [-0.05, 0) is 48.2 Å². The number of halogens is 4. The Bertz CT molecular complexity index is 804. The average molecular weight is 386 g/mol. The Kier molecular flexibility index (Phi) is 6.18. The fourth-order valence-corrected chi connectivity index (χ4v) is 2.54. The molecule has 0 heterocycles. The summed E-state index contributed by atoms with van der Waals surface area (Å²) >= 11 is 5.87. The molecule has 2 rings (SSSR count). The smallest absolute Gasteiger partial charge is 0.416 e. The van der Waals surface area contributed by atoms with Gasteiger partial charge in [-0.25, -0.2) is 0 Å². The molecule has 0 spiro atoms. The van der Waals surface area contributed by atoms with Crippen LogP contribution in [0.25, 0.3) is 0 Å². The average Bonchev–Trinajstić information content (AvgIpc) is 2.53. The van der Waals surface area contributed by atoms with Gasteiger partial charge in [0, 0.05) is 0 Å². The van der Waals surface area contributed by atoms with Gasteiger partial charge in [0.15, 0.2) is 6.61 Å². The zero-order valence-electron chi connectivity index (χ0n) is 14.6. The van der Waals surface area contributed by atoms with Crippen molar-refractivity contribution in [3.8, 4) is 5.75 Å². The molecule has 3 nitrogen and oxygen atoms in total. The first-order valence-electron chi connectivity index (χ1n) is 7.98. The summed E-state index contributed by atoms with van der Waals surface area (Å²) in [5.74, 6) is 0.180. The number of ether oxygens (including phenoxy) is 1. The van der Waals surface area contributed by atoms with Crippen LogP contribution < -0.4 is 10.1 Å². The molecule has 0 bridgehead atoms. The minimum atomic E-state index is -4.52. The van der Waals surface area contributed by atoms with E-state index in [1.165, 1.54) is 0 Å². The summed E-state index contributed by atoms with van der Waals surface area (Å²) in [6.45, 7) is 5.56. The molecule has 0 radical (unpaired) electrons. The molecule has 2 aromatic carbocycles. The number of nitrogens with one attached hydrogen (secondary N) is 1. The lowest BCUT2D eigenvalue weighted by Gasteiger charge is -2.15. The molecule has 0 unspecified atom stereocenters. The Hall–Kier alpha value is -2.21. The molecule has 7 heteroatoms. The van der Waals surface area contributed by atoms with Crippen LogP contribution in [0, 0.1) is 6.92 Å². The van der Waals surface area contributed by atoms with Gasteiger partial charge < -0.3 is 10.1 Å². The van der Waals surface area contributed by atoms with E-state index in [0.717, 1.165) is 29.3 Å². The Balaban J connectivity index is 2.10. The molecule has 0 fully saturated rings. The normalized spacial score (nSPS) is 11.5. The molecule has 0 aromatic heterocycles. The van der Waals surface area contributed by atoms with E-state index >= 15 is 0 Å². The van der Waals surface area contributed by atoms with Crippen molar-refractivity contribution < 1.29 is 22.7 Å². The second-order valence-corrected chi connectivity index (χ2v) is 6.63. The number of rotatable bonds is 5. The van der Waals surface area contributed by atoms with Gasteiger partial charge in [-0.3, -0.25) is 4.79 Å². The third-order valence-electron chi connectivity index (χ3n) is 3.72. The first-order valence-corrected chi connectivity index (χ1v) is 8.35. The maximum absolute atomic E-state index is 12.8. The summed E-state index contributed by atoms with van der Waals surface area (Å²) in [6.07, 6.45) is -4.52. The number of carbonyl (C=O) groups is 1. The van der Waals surface area contributed by atoms with Gasteiger partial charge in [-0.2, -0.15) is 13.2 Å². The van der Waals surface area contributed by atoms with Crippen molar-refractivity contribution in [2.45, 2.75) is 32.9 Å². The predicted octanol–water partition coefficient (Wildman–Crippen LogP) is 5.81. The lowest BCUT2D eigenvalue weighted by atomic mass is 10.0. The van der Waals surface area contributed by atoms with E-state index < -0.39 is 17.6 Å². The van der Waals surface area contributed by atoms with Crippen LogP contribution in [-0.4, -0.2) is 12.5 Å². The van der Waals surface area contributed by atoms with Gasteiger partial charge in [-0.15, -0.1) is 0 Å². The molecule has 0 aliphatic carbocycles. The molecule has 1 N–H and O–H groups in total. The quantitative estimate of drug-likeness (QED) is 0.705. The predicted molar refractivity (Wildman–Crippen MR) is 95.8 cm³/mol. The topological polar surface area (TPSA) is 38.3 Å². The fourth-order valence-electron chi connectivity index (χ4n) is 2.37. The Morgan fingerprint density at radius 2 is 1.88 bits per heavy atom. The molecule has 26 heavy (non-hydrogen) atoms. The summed E-state index contributed by atoms with van der Waals surface area (Å²) in [7, 11) is 0. The third kappa shape index (κ3) is 5.14. The summed E-state index contributed by atoms with van der Waals surface area (Å²) in [5.41, 5.74) is 0.925. The Morgan fingerprint density at radius 3 is 2.50 bits per heavy atom. The van der Waals surface area contributed by atoms with Crippen LogP contribution >= 0.6 is 11.6 Å². The van der Waals surface area contributed by atoms with E-state index in [1.807, 2.05) is 39.0 Å². The number of carbonyl (C=O) groups excluding carboxylic acids is 1. The maximum Gasteiger partial charge on any atom is 0.416 e. The van der Waals surface area contributed by atoms with E-state index in [1.54, 1.807) is 0 Å². The minimum Gasteiger partial charge on any atom is -0.483 e. The van der Waals surface area contributed by atoms with E-state index in [2.05, 4.69) is 5.32 Å². The minimum absolute atomic E-state index is 0.0183. The van der Waals surface area contributed by atoms with E-state index in [4.69, 9.17) is 16.3 Å². The first kappa shape index (κ1) is 20.1. The van der Waals surface area contributed by atoms with Gasteiger partial charge in [0.2, 0.25) is 0 Å². The highest BCUT2D eigenvalue weighted by Gasteiger charge is 2.31. The molecule has 0 atom stereocenters. The molecule has 140 valence electrons. The van der Waals surface area contributed by atoms with Gasteiger partial charge in [-0.1, -0.05) is 37.6 Å². The Labute approximate surface area is 155 Å². The number of hydrogen-bond donors (Lipinski definition) is 1. The lowest BCUT2D eigenvalue weighted by molar-refractivity contribution is -0.137. The van der Waals surface area contributed by atoms with Gasteiger partial charge in [0.25, 0.3) is 5.91 Å². The maximum atomic E-state index is 12.8. The molecule has 0 saturated heterocycles. The SMILES string of the molecule is Cc1ccc(C(C)C)c(OCC(=O)Nc2cc(C(F)(F)F)ccc2Cl)c1. The van der Waals surface area contributed by atoms with Crippen LogP contribution in [0.5, 0.6) is 5.75 Å². The van der Waals surface area contributed by atoms with E-state index in [9.17, 15) is 18.0 Å². The van der Waals surface area contributed by atoms with Crippen LogP contribution in [0.2, 0.25) is 5.02 Å². The second kappa shape index (κ2) is 7.99. The van der Waals surface area contributed by atoms with Crippen molar-refractivity contribution >= 4 is 23.2 Å². The standard InChI is InChI=1S/C19H19ClF3NO2/c1-11(2)14-6-4-12(3)8-17(14)26-10-18(25)24-16-9-13(19(21,22)23)5-7-15(16)20/h4-9,11H,10H2,1-3H3,(H,24,25). The third-order valence-corrected chi connectivity index (χ3v) is 4.05. The van der Waals surface area contributed by atoms with Gasteiger partial charge in [0.1, 0.15) is 5.75 Å². The number of hydrogen-bond acceptors (Lipinski definition) is 2. The molecule has 0 aliphatic rings. The summed E-state index contributed by atoms with van der Waals surface area (Å²) in [5, 5.41) is 2.38. The van der Waals surface area contributed by atoms with E-state index in [0.29, 0.717) is 5.75 Å². The highest BCUT2D eigenvalue weighted by Crippen LogP contribution is 2.34. The van der Waals surface area contributed by atoms with E-state index in [-0.39, 0.29) is 23.2 Å². The zero-order valence-corrected chi connectivity index (χ0v) is 15.3. The second-order valence-electron chi connectivity index (χ2n) is 6.23. The van der Waals surface area contributed by atoms with Crippen molar-refractivity contribution in [1.82, 2.24) is 0 Å². The van der Waals surface area contributed by atoms with Crippen molar-refractivity contribution in [3.05, 3.63) is 58.1 Å². The fraction of sp³-hybridized carbons (Fsp3) is 0.316. The van der Waals surface area contributed by atoms with Crippen molar-refractivity contribution in [2.24, 2.45) is 0 Å². The van der Waals surface area contributed by atoms with Crippen LogP contribution in [0.3, 0.4) is 0 Å². The number of anilines is 1. The van der Waals surface area contributed by atoms with Gasteiger partial charge in [0.05, 0.1) is 16.3 Å². The number of aryl methyl sites for hydroxylation is 1. The molecule has 0 aliphatic heterocycles. The van der Waals surface area contributed by atoms with Crippen molar-refractivity contribution in [3.63, 3.8) is 0 Å². The number of amides is 1.